The average molecular weight is 212 g/mol. The standard InChI is InChI=1S/C13H24O2/c1-11-7-3-4-9-13(11)15-10-6-5-8-12(2)14/h11,13H,3-10H2,1-2H3. The predicted octanol–water partition coefficient (Wildman–Crippen LogP) is 3.34. The molecule has 1 fully saturated rings. The number of unbranched alkanes of at least 4 members (excludes halogenated alkanes) is 1. The number of hydrogen-bond donors (Lipinski definition) is 0. The van der Waals surface area contributed by atoms with Gasteiger partial charge < -0.3 is 9.53 Å². The second-order valence-corrected chi connectivity index (χ2v) is 4.83. The predicted molar refractivity (Wildman–Crippen MR) is 61.9 cm³/mol. The molecule has 0 bridgehead atoms. The minimum atomic E-state index is 0.293. The fourth-order valence-electron chi connectivity index (χ4n) is 2.24. The van der Waals surface area contributed by atoms with Gasteiger partial charge >= 0.3 is 0 Å². The molecule has 1 saturated carbocycles. The van der Waals surface area contributed by atoms with Gasteiger partial charge in [-0.05, 0) is 38.5 Å². The molecular weight excluding hydrogens is 188 g/mol. The van der Waals surface area contributed by atoms with Crippen molar-refractivity contribution in [1.29, 1.82) is 0 Å². The van der Waals surface area contributed by atoms with Crippen molar-refractivity contribution in [1.82, 2.24) is 0 Å². The molecule has 1 aliphatic carbocycles. The molecule has 2 atom stereocenters. The normalized spacial score (nSPS) is 26.5. The molecular formula is C13H24O2. The summed E-state index contributed by atoms with van der Waals surface area (Å²) in [6.07, 6.45) is 8.44. The van der Waals surface area contributed by atoms with Gasteiger partial charge in [0.15, 0.2) is 0 Å². The van der Waals surface area contributed by atoms with Crippen LogP contribution >= 0.6 is 0 Å². The Labute approximate surface area is 93.4 Å². The SMILES string of the molecule is CC(=O)CCCCOC1CCCCC1C. The minimum Gasteiger partial charge on any atom is -0.378 e. The van der Waals surface area contributed by atoms with Crippen molar-refractivity contribution in [3.8, 4) is 0 Å². The van der Waals surface area contributed by atoms with Crippen LogP contribution in [-0.4, -0.2) is 18.5 Å². The highest BCUT2D eigenvalue weighted by molar-refractivity contribution is 5.75. The Kier molecular flexibility index (Phi) is 5.92. The molecule has 1 aliphatic rings. The lowest BCUT2D eigenvalue weighted by molar-refractivity contribution is -0.117. The molecule has 0 saturated heterocycles. The second-order valence-electron chi connectivity index (χ2n) is 4.83. The monoisotopic (exact) mass is 212 g/mol. The zero-order chi connectivity index (χ0) is 11.1. The van der Waals surface area contributed by atoms with Crippen LogP contribution in [-0.2, 0) is 9.53 Å². The van der Waals surface area contributed by atoms with E-state index >= 15 is 0 Å². The summed E-state index contributed by atoms with van der Waals surface area (Å²) in [7, 11) is 0. The molecule has 0 N–H and O–H groups in total. The first-order valence-electron chi connectivity index (χ1n) is 6.31. The largest absolute Gasteiger partial charge is 0.378 e. The summed E-state index contributed by atoms with van der Waals surface area (Å²) in [5, 5.41) is 0. The van der Waals surface area contributed by atoms with Gasteiger partial charge in [-0.3, -0.25) is 0 Å². The van der Waals surface area contributed by atoms with Gasteiger partial charge in [0.2, 0.25) is 0 Å². The molecule has 1 rings (SSSR count). The zero-order valence-corrected chi connectivity index (χ0v) is 10.1. The minimum absolute atomic E-state index is 0.293. The van der Waals surface area contributed by atoms with Crippen molar-refractivity contribution in [2.75, 3.05) is 6.61 Å². The van der Waals surface area contributed by atoms with Gasteiger partial charge in [0, 0.05) is 13.0 Å². The molecule has 2 heteroatoms. The van der Waals surface area contributed by atoms with E-state index in [0.717, 1.165) is 25.4 Å². The highest BCUT2D eigenvalue weighted by Gasteiger charge is 2.21. The van der Waals surface area contributed by atoms with Gasteiger partial charge in [-0.15, -0.1) is 0 Å². The summed E-state index contributed by atoms with van der Waals surface area (Å²) >= 11 is 0. The van der Waals surface area contributed by atoms with Gasteiger partial charge in [0.25, 0.3) is 0 Å². The van der Waals surface area contributed by atoms with Gasteiger partial charge in [0.1, 0.15) is 5.78 Å². The Hall–Kier alpha value is -0.370. The third kappa shape index (κ3) is 5.31. The van der Waals surface area contributed by atoms with Crippen molar-refractivity contribution in [2.24, 2.45) is 5.92 Å². The van der Waals surface area contributed by atoms with Gasteiger partial charge in [-0.25, -0.2) is 0 Å². The average Bonchev–Trinajstić information content (AvgIpc) is 2.20. The molecule has 0 spiro atoms. The van der Waals surface area contributed by atoms with Crippen molar-refractivity contribution in [2.45, 2.75) is 64.9 Å². The van der Waals surface area contributed by atoms with Crippen LogP contribution in [0.5, 0.6) is 0 Å². The number of ether oxygens (including phenoxy) is 1. The van der Waals surface area contributed by atoms with Gasteiger partial charge in [-0.2, -0.15) is 0 Å². The van der Waals surface area contributed by atoms with Crippen molar-refractivity contribution >= 4 is 5.78 Å². The van der Waals surface area contributed by atoms with Crippen LogP contribution in [0.15, 0.2) is 0 Å². The molecule has 0 amide bonds. The van der Waals surface area contributed by atoms with E-state index in [-0.39, 0.29) is 0 Å². The van der Waals surface area contributed by atoms with E-state index in [2.05, 4.69) is 6.92 Å². The number of Topliss-reactive ketones (excluding diaryl/α,β-unsaturated/α-hetero) is 1. The molecule has 0 radical (unpaired) electrons. The van der Waals surface area contributed by atoms with Crippen LogP contribution in [0.1, 0.15) is 58.8 Å². The van der Waals surface area contributed by atoms with E-state index in [0.29, 0.717) is 18.3 Å². The zero-order valence-electron chi connectivity index (χ0n) is 10.1. The summed E-state index contributed by atoms with van der Waals surface area (Å²) in [6.45, 7) is 4.78. The topological polar surface area (TPSA) is 26.3 Å². The molecule has 0 aliphatic heterocycles. The van der Waals surface area contributed by atoms with Crippen LogP contribution in [0.25, 0.3) is 0 Å². The molecule has 15 heavy (non-hydrogen) atoms. The van der Waals surface area contributed by atoms with Crippen LogP contribution in [0.4, 0.5) is 0 Å². The second kappa shape index (κ2) is 7.00. The number of hydrogen-bond acceptors (Lipinski definition) is 2. The summed E-state index contributed by atoms with van der Waals surface area (Å²) in [6, 6.07) is 0. The van der Waals surface area contributed by atoms with E-state index in [1.807, 2.05) is 0 Å². The molecule has 0 heterocycles. The summed E-state index contributed by atoms with van der Waals surface area (Å²) in [4.78, 5) is 10.7. The fourth-order valence-corrected chi connectivity index (χ4v) is 2.24. The highest BCUT2D eigenvalue weighted by atomic mass is 16.5. The molecule has 88 valence electrons. The smallest absolute Gasteiger partial charge is 0.129 e. The number of carbonyl (C=O) groups is 1. The van der Waals surface area contributed by atoms with Crippen LogP contribution in [0.2, 0.25) is 0 Å². The Morgan fingerprint density at radius 2 is 2.00 bits per heavy atom. The lowest BCUT2D eigenvalue weighted by Crippen LogP contribution is -2.25. The molecule has 2 nitrogen and oxygen atoms in total. The first kappa shape index (κ1) is 12.7. The molecule has 0 aromatic heterocycles. The van der Waals surface area contributed by atoms with Gasteiger partial charge in [-0.1, -0.05) is 19.8 Å². The number of carbonyl (C=O) groups excluding carboxylic acids is 1. The first-order chi connectivity index (χ1) is 7.20. The third-order valence-electron chi connectivity index (χ3n) is 3.29. The Morgan fingerprint density at radius 3 is 2.67 bits per heavy atom. The number of ketones is 1. The highest BCUT2D eigenvalue weighted by Crippen LogP contribution is 2.26. The third-order valence-corrected chi connectivity index (χ3v) is 3.29. The van der Waals surface area contributed by atoms with Crippen molar-refractivity contribution in [3.05, 3.63) is 0 Å². The molecule has 2 unspecified atom stereocenters. The summed E-state index contributed by atoms with van der Waals surface area (Å²) in [5.74, 6) is 1.02. The summed E-state index contributed by atoms with van der Waals surface area (Å²) in [5.41, 5.74) is 0. The number of rotatable bonds is 6. The molecule has 0 aromatic carbocycles. The van der Waals surface area contributed by atoms with Crippen LogP contribution in [0.3, 0.4) is 0 Å². The maximum atomic E-state index is 10.7. The Morgan fingerprint density at radius 1 is 1.27 bits per heavy atom. The van der Waals surface area contributed by atoms with Crippen LogP contribution < -0.4 is 0 Å². The fraction of sp³-hybridized carbons (Fsp3) is 0.923. The van der Waals surface area contributed by atoms with E-state index in [1.54, 1.807) is 6.92 Å². The van der Waals surface area contributed by atoms with E-state index in [9.17, 15) is 4.79 Å². The van der Waals surface area contributed by atoms with E-state index in [4.69, 9.17) is 4.74 Å². The summed E-state index contributed by atoms with van der Waals surface area (Å²) < 4.78 is 5.87. The van der Waals surface area contributed by atoms with E-state index in [1.165, 1.54) is 25.7 Å². The van der Waals surface area contributed by atoms with E-state index < -0.39 is 0 Å². The Balaban J connectivity index is 2.01. The first-order valence-corrected chi connectivity index (χ1v) is 6.31. The Bertz CT molecular complexity index is 189. The van der Waals surface area contributed by atoms with Crippen molar-refractivity contribution in [3.63, 3.8) is 0 Å². The van der Waals surface area contributed by atoms with Crippen molar-refractivity contribution < 1.29 is 9.53 Å². The van der Waals surface area contributed by atoms with Crippen LogP contribution in [0, 0.1) is 5.92 Å². The lowest BCUT2D eigenvalue weighted by Gasteiger charge is -2.28. The quantitative estimate of drug-likeness (QED) is 0.631. The molecule has 0 aromatic rings. The maximum absolute atomic E-state index is 10.7. The lowest BCUT2D eigenvalue weighted by atomic mass is 9.88. The van der Waals surface area contributed by atoms with Gasteiger partial charge in [0.05, 0.1) is 6.10 Å². The maximum Gasteiger partial charge on any atom is 0.129 e.